The Bertz CT molecular complexity index is 124. The molecule has 0 aliphatic heterocycles. The maximum absolute atomic E-state index is 4.00. The van der Waals surface area contributed by atoms with Crippen molar-refractivity contribution in [2.24, 2.45) is 0 Å². The first kappa shape index (κ1) is 5.08. The standard InChI is InChI=1S/C4H6IN2/c1-5-7-4-2-3-6-7/h2-4H,1H3/q-1. The van der Waals surface area contributed by atoms with E-state index in [0.717, 1.165) is 0 Å². The fourth-order valence-corrected chi connectivity index (χ4v) is 1.25. The van der Waals surface area contributed by atoms with Gasteiger partial charge >= 0.3 is 52.9 Å². The fourth-order valence-electron chi connectivity index (χ4n) is 0.350. The van der Waals surface area contributed by atoms with Gasteiger partial charge in [0.25, 0.3) is 0 Å². The fraction of sp³-hybridized carbons (Fsp3) is 0.250. The molecule has 40 valence electrons. The van der Waals surface area contributed by atoms with Gasteiger partial charge in [0.15, 0.2) is 0 Å². The van der Waals surface area contributed by atoms with Crippen LogP contribution in [-0.4, -0.2) is 12.9 Å². The Kier molecular flexibility index (Phi) is 1.67. The molecule has 7 heavy (non-hydrogen) atoms. The van der Waals surface area contributed by atoms with Gasteiger partial charge in [0.1, 0.15) is 0 Å². The summed E-state index contributed by atoms with van der Waals surface area (Å²) in [5.74, 6) is 0. The van der Waals surface area contributed by atoms with E-state index in [-0.39, 0.29) is 21.5 Å². The van der Waals surface area contributed by atoms with E-state index in [2.05, 4.69) is 10.0 Å². The molecule has 1 aromatic rings. The molecule has 0 aliphatic rings. The summed E-state index contributed by atoms with van der Waals surface area (Å²) in [7, 11) is 0. The van der Waals surface area contributed by atoms with Crippen LogP contribution in [0.2, 0.25) is 0 Å². The second-order valence-corrected chi connectivity index (χ2v) is 3.02. The molecule has 1 heterocycles. The van der Waals surface area contributed by atoms with Crippen molar-refractivity contribution in [2.75, 3.05) is 4.93 Å². The zero-order chi connectivity index (χ0) is 5.11. The Hall–Kier alpha value is -0.0600. The van der Waals surface area contributed by atoms with Gasteiger partial charge in [-0.2, -0.15) is 0 Å². The van der Waals surface area contributed by atoms with Crippen LogP contribution in [0.5, 0.6) is 0 Å². The van der Waals surface area contributed by atoms with Gasteiger partial charge in [-0.3, -0.25) is 0 Å². The zero-order valence-electron chi connectivity index (χ0n) is 4.00. The molecule has 0 fully saturated rings. The normalized spacial score (nSPS) is 9.86. The summed E-state index contributed by atoms with van der Waals surface area (Å²) in [6.45, 7) is 0. The van der Waals surface area contributed by atoms with Crippen LogP contribution < -0.4 is 21.5 Å². The van der Waals surface area contributed by atoms with Crippen LogP contribution in [0, 0.1) is 0 Å². The van der Waals surface area contributed by atoms with Gasteiger partial charge in [0.2, 0.25) is 0 Å². The number of alkyl halides is 1. The summed E-state index contributed by atoms with van der Waals surface area (Å²) < 4.78 is 1.98. The summed E-state index contributed by atoms with van der Waals surface area (Å²) >= 11 is 0.153. The number of aromatic nitrogens is 2. The molecule has 0 saturated heterocycles. The van der Waals surface area contributed by atoms with Gasteiger partial charge in [0.05, 0.1) is 0 Å². The van der Waals surface area contributed by atoms with Gasteiger partial charge in [-0.05, 0) is 0 Å². The second-order valence-electron chi connectivity index (χ2n) is 1.06. The van der Waals surface area contributed by atoms with E-state index in [1.165, 1.54) is 0 Å². The Labute approximate surface area is 53.1 Å². The van der Waals surface area contributed by atoms with Crippen molar-refractivity contribution in [3.63, 3.8) is 0 Å². The molecule has 0 aromatic carbocycles. The minimum atomic E-state index is 0.153. The molecule has 1 rings (SSSR count). The molecule has 0 aliphatic carbocycles. The molecule has 0 saturated carbocycles. The van der Waals surface area contributed by atoms with Crippen molar-refractivity contribution in [3.05, 3.63) is 18.5 Å². The van der Waals surface area contributed by atoms with Crippen LogP contribution in [0.3, 0.4) is 0 Å². The molecule has 0 N–H and O–H groups in total. The number of hydrogen-bond donors (Lipinski definition) is 0. The van der Waals surface area contributed by atoms with E-state index in [1.807, 2.05) is 21.4 Å². The van der Waals surface area contributed by atoms with E-state index in [1.54, 1.807) is 0 Å². The molecule has 0 unspecified atom stereocenters. The molecule has 0 atom stereocenters. The van der Waals surface area contributed by atoms with Crippen molar-refractivity contribution in [2.45, 2.75) is 0 Å². The Morgan fingerprint density at radius 2 is 2.57 bits per heavy atom. The van der Waals surface area contributed by atoms with Crippen LogP contribution in [0.25, 0.3) is 0 Å². The van der Waals surface area contributed by atoms with Crippen molar-refractivity contribution in [3.8, 4) is 0 Å². The first-order valence-electron chi connectivity index (χ1n) is 1.93. The van der Waals surface area contributed by atoms with Crippen LogP contribution in [-0.2, 0) is 0 Å². The van der Waals surface area contributed by atoms with E-state index < -0.39 is 0 Å². The third-order valence-electron chi connectivity index (χ3n) is 0.645. The van der Waals surface area contributed by atoms with E-state index in [9.17, 15) is 0 Å². The van der Waals surface area contributed by atoms with Gasteiger partial charge in [0, 0.05) is 0 Å². The predicted molar refractivity (Wildman–Crippen MR) is 23.5 cm³/mol. The number of hydrogen-bond acceptors (Lipinski definition) is 1. The van der Waals surface area contributed by atoms with Crippen LogP contribution in [0.4, 0.5) is 0 Å². The Morgan fingerprint density at radius 1 is 1.71 bits per heavy atom. The molecular formula is C4H6IN2-. The molecule has 2 nitrogen and oxygen atoms in total. The Balaban J connectivity index is 2.76. The van der Waals surface area contributed by atoms with Crippen molar-refractivity contribution < 1.29 is 21.5 Å². The topological polar surface area (TPSA) is 17.8 Å². The van der Waals surface area contributed by atoms with E-state index in [0.29, 0.717) is 0 Å². The van der Waals surface area contributed by atoms with Crippen LogP contribution >= 0.6 is 0 Å². The van der Waals surface area contributed by atoms with E-state index >= 15 is 0 Å². The van der Waals surface area contributed by atoms with Gasteiger partial charge in [-0.15, -0.1) is 0 Å². The van der Waals surface area contributed by atoms with Crippen molar-refractivity contribution >= 4 is 0 Å². The SMILES string of the molecule is C[I-]n1cccn1. The first-order valence-corrected chi connectivity index (χ1v) is 5.05. The first-order chi connectivity index (χ1) is 3.43. The van der Waals surface area contributed by atoms with Crippen molar-refractivity contribution in [1.29, 1.82) is 0 Å². The molecule has 0 spiro atoms. The van der Waals surface area contributed by atoms with Crippen LogP contribution in [0.15, 0.2) is 18.5 Å². The summed E-state index contributed by atoms with van der Waals surface area (Å²) in [4.78, 5) is 2.17. The second kappa shape index (κ2) is 2.30. The Morgan fingerprint density at radius 3 is 2.86 bits per heavy atom. The third kappa shape index (κ3) is 1.15. The summed E-state index contributed by atoms with van der Waals surface area (Å²) in [6.07, 6.45) is 3.80. The van der Waals surface area contributed by atoms with Crippen molar-refractivity contribution in [1.82, 2.24) is 7.99 Å². The molecule has 0 bridgehead atoms. The monoisotopic (exact) mass is 209 g/mol. The van der Waals surface area contributed by atoms with E-state index in [4.69, 9.17) is 0 Å². The molecular weight excluding hydrogens is 203 g/mol. The number of halogens is 1. The summed E-state index contributed by atoms with van der Waals surface area (Å²) in [6, 6.07) is 1.95. The van der Waals surface area contributed by atoms with Crippen LogP contribution in [0.1, 0.15) is 0 Å². The zero-order valence-corrected chi connectivity index (χ0v) is 6.16. The third-order valence-corrected chi connectivity index (χ3v) is 2.20. The molecule has 1 aromatic heterocycles. The van der Waals surface area contributed by atoms with Gasteiger partial charge in [-0.1, -0.05) is 0 Å². The number of nitrogens with zero attached hydrogens (tertiary/aromatic N) is 2. The quantitative estimate of drug-likeness (QED) is 0.365. The predicted octanol–water partition coefficient (Wildman–Crippen LogP) is -2.63. The molecule has 0 amide bonds. The summed E-state index contributed by atoms with van der Waals surface area (Å²) in [5, 5.41) is 4.00. The maximum atomic E-state index is 4.00. The summed E-state index contributed by atoms with van der Waals surface area (Å²) in [5.41, 5.74) is 0. The molecule has 0 radical (unpaired) electrons. The number of rotatable bonds is 1. The van der Waals surface area contributed by atoms with Gasteiger partial charge < -0.3 is 0 Å². The van der Waals surface area contributed by atoms with Gasteiger partial charge in [-0.25, -0.2) is 0 Å². The average molecular weight is 209 g/mol. The average Bonchev–Trinajstić information content (AvgIpc) is 2.14. The molecule has 3 heteroatoms. The minimum absolute atomic E-state index is 0.153.